The summed E-state index contributed by atoms with van der Waals surface area (Å²) in [6.07, 6.45) is 3.36. The van der Waals surface area contributed by atoms with Crippen LogP contribution < -0.4 is 21.3 Å². The van der Waals surface area contributed by atoms with Gasteiger partial charge in [-0.1, -0.05) is 37.3 Å². The Hall–Kier alpha value is -5.48. The molecule has 296 valence electrons. The molecule has 55 heavy (non-hydrogen) atoms. The summed E-state index contributed by atoms with van der Waals surface area (Å²) in [4.78, 5) is 102. The Kier molecular flexibility index (Phi) is 12.1. The van der Waals surface area contributed by atoms with E-state index in [4.69, 9.17) is 4.74 Å². The van der Waals surface area contributed by atoms with Gasteiger partial charge in [0.1, 0.15) is 42.4 Å². The number of amides is 7. The average Bonchev–Trinajstić information content (AvgIpc) is 3.92. The van der Waals surface area contributed by atoms with E-state index >= 15 is 0 Å². The van der Waals surface area contributed by atoms with Crippen LogP contribution in [0, 0.1) is 5.92 Å². The number of fused-ring (bicyclic) bond motifs is 3. The van der Waals surface area contributed by atoms with Crippen molar-refractivity contribution in [1.82, 2.24) is 40.4 Å². The van der Waals surface area contributed by atoms with Gasteiger partial charge in [0.25, 0.3) is 0 Å². The van der Waals surface area contributed by atoms with E-state index in [1.807, 2.05) is 13.0 Å². The molecule has 4 aliphatic rings. The third kappa shape index (κ3) is 8.92. The first-order valence-corrected chi connectivity index (χ1v) is 19.1. The van der Waals surface area contributed by atoms with Crippen LogP contribution in [0.5, 0.6) is 0 Å². The number of urea groups is 1. The minimum Gasteiger partial charge on any atom is -0.458 e. The molecular weight excluding hydrogens is 710 g/mol. The van der Waals surface area contributed by atoms with E-state index in [2.05, 4.69) is 26.4 Å². The Morgan fingerprint density at radius 3 is 2.31 bits per heavy atom. The molecule has 2 aromatic rings. The van der Waals surface area contributed by atoms with Crippen LogP contribution in [-0.4, -0.2) is 128 Å². The topological polar surface area (TPSA) is 204 Å². The number of carbonyl (C=O) groups is 7. The fourth-order valence-electron chi connectivity index (χ4n) is 8.07. The molecule has 1 aromatic carbocycles. The minimum atomic E-state index is -1.47. The Morgan fingerprint density at radius 1 is 0.873 bits per heavy atom. The monoisotopic (exact) mass is 761 g/mol. The van der Waals surface area contributed by atoms with Crippen molar-refractivity contribution in [1.29, 1.82) is 0 Å². The summed E-state index contributed by atoms with van der Waals surface area (Å²) in [6, 6.07) is 3.49. The number of carbonyl (C=O) groups excluding carboxylic acids is 7. The van der Waals surface area contributed by atoms with Crippen LogP contribution in [0.15, 0.2) is 42.6 Å². The van der Waals surface area contributed by atoms with E-state index in [0.29, 0.717) is 45.1 Å². The molecule has 6 rings (SSSR count). The molecule has 4 N–H and O–H groups in total. The van der Waals surface area contributed by atoms with Crippen molar-refractivity contribution in [2.24, 2.45) is 13.0 Å². The number of benzene rings is 1. The Morgan fingerprint density at radius 2 is 1.58 bits per heavy atom. The summed E-state index contributed by atoms with van der Waals surface area (Å²) >= 11 is 0. The number of hydrogen-bond acceptors (Lipinski definition) is 9. The quantitative estimate of drug-likeness (QED) is 0.306. The average molecular weight is 762 g/mol. The fraction of sp³-hybridized carbons (Fsp3) is 0.579. The van der Waals surface area contributed by atoms with Crippen molar-refractivity contribution in [2.75, 3.05) is 25.0 Å². The van der Waals surface area contributed by atoms with E-state index in [9.17, 15) is 33.6 Å². The van der Waals surface area contributed by atoms with Crippen LogP contribution >= 0.6 is 0 Å². The molecule has 4 aliphatic heterocycles. The van der Waals surface area contributed by atoms with E-state index in [0.717, 1.165) is 5.56 Å². The molecule has 0 spiro atoms. The number of cyclic esters (lactones) is 1. The highest BCUT2D eigenvalue weighted by Crippen LogP contribution is 2.28. The first kappa shape index (κ1) is 39.2. The molecule has 0 saturated carbocycles. The molecule has 17 nitrogen and oxygen atoms in total. The summed E-state index contributed by atoms with van der Waals surface area (Å²) < 4.78 is 7.44. The molecule has 0 radical (unpaired) electrons. The zero-order chi connectivity index (χ0) is 39.4. The van der Waals surface area contributed by atoms with Crippen molar-refractivity contribution in [3.63, 3.8) is 0 Å². The maximum absolute atomic E-state index is 14.7. The normalized spacial score (nSPS) is 28.4. The van der Waals surface area contributed by atoms with Gasteiger partial charge in [-0.25, -0.2) is 9.59 Å². The smallest absolute Gasteiger partial charge is 0.329 e. The zero-order valence-corrected chi connectivity index (χ0v) is 31.7. The third-order valence-corrected chi connectivity index (χ3v) is 10.9. The predicted molar refractivity (Wildman–Crippen MR) is 198 cm³/mol. The van der Waals surface area contributed by atoms with Crippen LogP contribution in [0.1, 0.15) is 64.9 Å². The Bertz CT molecular complexity index is 1790. The van der Waals surface area contributed by atoms with Gasteiger partial charge in [0.05, 0.1) is 0 Å². The summed E-state index contributed by atoms with van der Waals surface area (Å²) in [5.74, 6) is -3.26. The zero-order valence-electron chi connectivity index (χ0n) is 31.7. The Balaban J connectivity index is 1.32. The number of anilines is 1. The van der Waals surface area contributed by atoms with Gasteiger partial charge in [0, 0.05) is 45.4 Å². The number of piperidine rings is 1. The number of hydrogen-bond donors (Lipinski definition) is 4. The van der Waals surface area contributed by atoms with Crippen LogP contribution in [0.2, 0.25) is 0 Å². The van der Waals surface area contributed by atoms with Gasteiger partial charge in [-0.15, -0.1) is 0 Å². The second kappa shape index (κ2) is 16.9. The van der Waals surface area contributed by atoms with Crippen LogP contribution in [0.25, 0.3) is 0 Å². The van der Waals surface area contributed by atoms with Gasteiger partial charge in [0.15, 0.2) is 5.82 Å². The highest BCUT2D eigenvalue weighted by atomic mass is 16.5. The molecular formula is C38H51N9O8. The first-order valence-electron chi connectivity index (χ1n) is 19.1. The molecule has 7 amide bonds. The summed E-state index contributed by atoms with van der Waals surface area (Å²) in [5, 5.41) is 15.0. The van der Waals surface area contributed by atoms with Gasteiger partial charge in [-0.2, -0.15) is 5.10 Å². The lowest BCUT2D eigenvalue weighted by Gasteiger charge is -2.39. The number of ether oxygens (including phenoxy) is 1. The lowest BCUT2D eigenvalue weighted by Crippen LogP contribution is -2.63. The second-order valence-electron chi connectivity index (χ2n) is 15.2. The van der Waals surface area contributed by atoms with Crippen LogP contribution in [0.3, 0.4) is 0 Å². The maximum Gasteiger partial charge on any atom is 0.329 e. The first-order chi connectivity index (χ1) is 26.3. The highest BCUT2D eigenvalue weighted by Gasteiger charge is 2.47. The predicted octanol–water partition coefficient (Wildman–Crippen LogP) is 0.697. The number of esters is 1. The summed E-state index contributed by atoms with van der Waals surface area (Å²) in [7, 11) is 1.69. The van der Waals surface area contributed by atoms with E-state index in [1.54, 1.807) is 50.5 Å². The number of nitrogens with zero attached hydrogens (tertiary/aromatic N) is 5. The summed E-state index contributed by atoms with van der Waals surface area (Å²) in [6.45, 7) is 5.71. The van der Waals surface area contributed by atoms with Crippen LogP contribution in [-0.2, 0) is 47.0 Å². The number of aryl methyl sites for hydroxylation is 1. The minimum absolute atomic E-state index is 0.0514. The van der Waals surface area contributed by atoms with E-state index in [1.165, 1.54) is 26.3 Å². The van der Waals surface area contributed by atoms with Gasteiger partial charge < -0.3 is 35.4 Å². The van der Waals surface area contributed by atoms with Gasteiger partial charge in [-0.3, -0.25) is 34.0 Å². The van der Waals surface area contributed by atoms with E-state index in [-0.39, 0.29) is 31.2 Å². The number of aromatic nitrogens is 2. The molecule has 4 saturated heterocycles. The number of nitrogens with one attached hydrogen (secondary N) is 4. The standard InChI is InChI=1S/C38H51N9O8/c1-22-19-29-37(53)55-24(3)31(42-32(48)26(20-25-11-6-5-7-12-25)40-38(54)41-30-15-18-44(4)43-30)36(52)46-17-10-14-28(46)35(51)45-16-9-8-13-27(45)33(49)39-23(2)34(50)47(29)21-22/h5-7,11-12,15,18,22-24,26-29,31H,8-10,13-14,16-17,19-21H2,1-4H3,(H,39,49)(H,42,48)(H2,40,41,43,54)/t22-,23+,24?,26+,27+,28+,29+,31+/m1/s1. The van der Waals surface area contributed by atoms with E-state index < -0.39 is 83.9 Å². The summed E-state index contributed by atoms with van der Waals surface area (Å²) in [5.41, 5.74) is 0.726. The van der Waals surface area contributed by atoms with Crippen molar-refractivity contribution in [3.05, 3.63) is 48.2 Å². The third-order valence-electron chi connectivity index (χ3n) is 10.9. The Labute approximate surface area is 319 Å². The molecule has 0 bridgehead atoms. The largest absolute Gasteiger partial charge is 0.458 e. The maximum atomic E-state index is 14.7. The molecule has 8 atom stereocenters. The lowest BCUT2D eigenvalue weighted by atomic mass is 9.99. The molecule has 1 unspecified atom stereocenters. The van der Waals surface area contributed by atoms with Gasteiger partial charge in [0.2, 0.25) is 29.5 Å². The van der Waals surface area contributed by atoms with Crippen molar-refractivity contribution in [2.45, 2.75) is 108 Å². The van der Waals surface area contributed by atoms with Crippen LogP contribution in [0.4, 0.5) is 10.6 Å². The SMILES string of the molecule is CC1OC(=O)[C@@H]2C[C@@H](C)CN2C(=O)[C@H](C)NC(=O)[C@@H]2CCCCN2C(=O)[C@@H]2CCCN2C(=O)[C@H]1NC(=O)[C@H](Cc1ccccc1)NC(=O)Nc1ccn(C)n1. The molecule has 5 heterocycles. The second-order valence-corrected chi connectivity index (χ2v) is 15.2. The van der Waals surface area contributed by atoms with Gasteiger partial charge >= 0.3 is 12.0 Å². The number of rotatable bonds is 6. The molecule has 4 fully saturated rings. The lowest BCUT2D eigenvalue weighted by molar-refractivity contribution is -0.163. The highest BCUT2D eigenvalue weighted by molar-refractivity contribution is 5.98. The molecule has 0 aliphatic carbocycles. The van der Waals surface area contributed by atoms with Crippen molar-refractivity contribution in [3.8, 4) is 0 Å². The van der Waals surface area contributed by atoms with Crippen molar-refractivity contribution < 1.29 is 38.3 Å². The van der Waals surface area contributed by atoms with Crippen molar-refractivity contribution >= 4 is 47.4 Å². The molecule has 17 heteroatoms. The molecule has 1 aromatic heterocycles. The fourth-order valence-corrected chi connectivity index (χ4v) is 8.07. The van der Waals surface area contributed by atoms with Gasteiger partial charge in [-0.05, 0) is 63.9 Å².